The van der Waals surface area contributed by atoms with Crippen LogP contribution >= 0.6 is 11.6 Å². The maximum absolute atomic E-state index is 12.4. The maximum Gasteiger partial charge on any atom is 0.183 e. The van der Waals surface area contributed by atoms with Crippen LogP contribution < -0.4 is 5.73 Å². The number of nitrogens with two attached hydrogens (primary N) is 1. The van der Waals surface area contributed by atoms with Gasteiger partial charge in [-0.2, -0.15) is 0 Å². The number of Topliss-reactive ketones (excluding diaryl/α,β-unsaturated/α-hetero) is 1. The molecule has 3 rings (SSSR count). The summed E-state index contributed by atoms with van der Waals surface area (Å²) in [7, 11) is 0. The Morgan fingerprint density at radius 3 is 2.66 bits per heavy atom. The fraction of sp³-hybridized carbons (Fsp3) is 0.333. The van der Waals surface area contributed by atoms with Gasteiger partial charge in [-0.25, -0.2) is 4.98 Å². The summed E-state index contributed by atoms with van der Waals surface area (Å²) in [4.78, 5) is 18.7. The molecule has 0 saturated carbocycles. The van der Waals surface area contributed by atoms with Crippen LogP contribution in [0.4, 0.5) is 5.82 Å². The molecule has 32 heavy (non-hydrogen) atoms. The molecule has 0 aliphatic heterocycles. The molecule has 0 radical (unpaired) electrons. The number of ketones is 1. The molecule has 0 amide bonds. The summed E-state index contributed by atoms with van der Waals surface area (Å²) in [6.07, 6.45) is 1.71. The number of pyridine rings is 1. The number of likely N-dealkylation sites (N-methyl/N-ethyl adjacent to an activating group) is 1. The molecule has 3 N–H and O–H groups in total. The topological polar surface area (TPSA) is 105 Å². The highest BCUT2D eigenvalue weighted by Gasteiger charge is 2.14. The average molecular weight is 452 g/mol. The predicted octanol–water partition coefficient (Wildman–Crippen LogP) is 3.33. The number of hydrogen-bond acceptors (Lipinski definition) is 7. The van der Waals surface area contributed by atoms with Gasteiger partial charge in [-0.1, -0.05) is 37.4 Å². The second-order valence-electron chi connectivity index (χ2n) is 7.41. The summed E-state index contributed by atoms with van der Waals surface area (Å²) in [5.74, 6) is 6.06. The van der Waals surface area contributed by atoms with E-state index in [1.54, 1.807) is 30.5 Å². The van der Waals surface area contributed by atoms with Crippen LogP contribution in [0.2, 0.25) is 5.02 Å². The molecule has 0 fully saturated rings. The van der Waals surface area contributed by atoms with Gasteiger partial charge >= 0.3 is 0 Å². The minimum Gasteiger partial charge on any atom is -0.392 e. The Morgan fingerprint density at radius 2 is 1.97 bits per heavy atom. The fourth-order valence-electron chi connectivity index (χ4n) is 3.30. The Bertz CT molecular complexity index is 1150. The molecule has 166 valence electrons. The van der Waals surface area contributed by atoms with Crippen molar-refractivity contribution < 1.29 is 9.90 Å². The van der Waals surface area contributed by atoms with E-state index in [9.17, 15) is 9.90 Å². The quantitative estimate of drug-likeness (QED) is 0.399. The molecule has 0 aliphatic carbocycles. The van der Waals surface area contributed by atoms with Crippen LogP contribution in [-0.4, -0.2) is 56.7 Å². The number of aliphatic hydroxyl groups is 1. The number of carbonyl (C=O) groups excluding carboxylic acids is 1. The number of aromatic nitrogens is 3. The summed E-state index contributed by atoms with van der Waals surface area (Å²) in [5, 5.41) is 20.4. The van der Waals surface area contributed by atoms with Crippen molar-refractivity contribution >= 4 is 34.0 Å². The van der Waals surface area contributed by atoms with Crippen LogP contribution in [0.15, 0.2) is 36.5 Å². The van der Waals surface area contributed by atoms with Gasteiger partial charge in [-0.3, -0.25) is 4.79 Å². The number of halogens is 1. The number of benzene rings is 1. The van der Waals surface area contributed by atoms with Gasteiger partial charge in [0.25, 0.3) is 0 Å². The lowest BCUT2D eigenvalue weighted by molar-refractivity contribution is 0.0872. The number of carbonyl (C=O) groups is 1. The average Bonchev–Trinajstić information content (AvgIpc) is 2.80. The van der Waals surface area contributed by atoms with E-state index in [-0.39, 0.29) is 17.9 Å². The molecular weight excluding hydrogens is 426 g/mol. The van der Waals surface area contributed by atoms with E-state index in [1.807, 2.05) is 19.9 Å². The van der Waals surface area contributed by atoms with E-state index in [0.717, 1.165) is 23.9 Å². The van der Waals surface area contributed by atoms with E-state index in [2.05, 4.69) is 31.9 Å². The first-order valence-electron chi connectivity index (χ1n) is 10.5. The minimum absolute atomic E-state index is 0.159. The van der Waals surface area contributed by atoms with Crippen LogP contribution in [0.5, 0.6) is 0 Å². The van der Waals surface area contributed by atoms with Crippen LogP contribution in [0.1, 0.15) is 48.4 Å². The van der Waals surface area contributed by atoms with E-state index in [4.69, 9.17) is 17.3 Å². The Kier molecular flexibility index (Phi) is 8.12. The molecule has 8 heteroatoms. The van der Waals surface area contributed by atoms with Crippen molar-refractivity contribution in [2.24, 2.45) is 0 Å². The Hall–Kier alpha value is -3.05. The molecule has 2 heterocycles. The van der Waals surface area contributed by atoms with Gasteiger partial charge in [0, 0.05) is 35.0 Å². The third-order valence-corrected chi connectivity index (χ3v) is 5.45. The number of aliphatic hydroxyl groups excluding tert-OH is 1. The molecule has 0 bridgehead atoms. The van der Waals surface area contributed by atoms with Gasteiger partial charge in [-0.05, 0) is 49.7 Å². The minimum atomic E-state index is -0.551. The molecule has 1 aromatic carbocycles. The van der Waals surface area contributed by atoms with Crippen molar-refractivity contribution in [1.29, 1.82) is 0 Å². The second kappa shape index (κ2) is 11.0. The van der Waals surface area contributed by atoms with Crippen LogP contribution in [0, 0.1) is 11.8 Å². The molecule has 0 saturated heterocycles. The van der Waals surface area contributed by atoms with Gasteiger partial charge in [0.1, 0.15) is 17.2 Å². The van der Waals surface area contributed by atoms with Gasteiger partial charge < -0.3 is 15.7 Å². The lowest BCUT2D eigenvalue weighted by Crippen LogP contribution is -2.32. The Labute approximate surface area is 192 Å². The van der Waals surface area contributed by atoms with Gasteiger partial charge in [0.2, 0.25) is 0 Å². The third kappa shape index (κ3) is 6.01. The lowest BCUT2D eigenvalue weighted by Gasteiger charge is -2.21. The first-order valence-corrected chi connectivity index (χ1v) is 10.9. The van der Waals surface area contributed by atoms with Gasteiger partial charge in [0.15, 0.2) is 5.78 Å². The Balaban J connectivity index is 1.68. The molecule has 3 aromatic rings. The highest BCUT2D eigenvalue weighted by atomic mass is 35.5. The first-order chi connectivity index (χ1) is 15.4. The molecule has 7 nitrogen and oxygen atoms in total. The van der Waals surface area contributed by atoms with E-state index in [0.29, 0.717) is 35.1 Å². The van der Waals surface area contributed by atoms with Crippen molar-refractivity contribution in [3.63, 3.8) is 0 Å². The zero-order valence-corrected chi connectivity index (χ0v) is 18.9. The SMILES string of the molecule is CCN(CC)CC(O)CCC(=O)c1ccc(C#Cc2c(N)ncc3ccc(Cl)cc23)nn1. The predicted molar refractivity (Wildman–Crippen MR) is 127 cm³/mol. The number of hydrogen-bond donors (Lipinski definition) is 2. The zero-order chi connectivity index (χ0) is 23.1. The maximum atomic E-state index is 12.4. The smallest absolute Gasteiger partial charge is 0.183 e. The Morgan fingerprint density at radius 1 is 1.19 bits per heavy atom. The molecule has 2 aromatic heterocycles. The first kappa shape index (κ1) is 23.6. The summed E-state index contributed by atoms with van der Waals surface area (Å²) in [6.45, 7) is 6.37. The van der Waals surface area contributed by atoms with Gasteiger partial charge in [0.05, 0.1) is 11.7 Å². The monoisotopic (exact) mass is 451 g/mol. The zero-order valence-electron chi connectivity index (χ0n) is 18.2. The summed E-state index contributed by atoms with van der Waals surface area (Å²) in [6, 6.07) is 8.66. The third-order valence-electron chi connectivity index (χ3n) is 5.22. The van der Waals surface area contributed by atoms with Crippen LogP contribution in [-0.2, 0) is 0 Å². The molecule has 0 spiro atoms. The number of nitrogens with zero attached hydrogens (tertiary/aromatic N) is 4. The van der Waals surface area contributed by atoms with Crippen molar-refractivity contribution in [3.05, 3.63) is 58.5 Å². The van der Waals surface area contributed by atoms with E-state index in [1.165, 1.54) is 0 Å². The number of fused-ring (bicyclic) bond motifs is 1. The normalized spacial score (nSPS) is 11.9. The summed E-state index contributed by atoms with van der Waals surface area (Å²) >= 11 is 6.11. The van der Waals surface area contributed by atoms with Crippen molar-refractivity contribution in [1.82, 2.24) is 20.1 Å². The number of anilines is 1. The van der Waals surface area contributed by atoms with E-state index < -0.39 is 6.10 Å². The summed E-state index contributed by atoms with van der Waals surface area (Å²) in [5.41, 5.74) is 7.23. The fourth-order valence-corrected chi connectivity index (χ4v) is 3.47. The largest absolute Gasteiger partial charge is 0.392 e. The number of nitrogen functional groups attached to an aromatic ring is 1. The molecular formula is C24H26ClN5O2. The number of rotatable bonds is 8. The standard InChI is InChI=1S/C24H26ClN5O2/c1-3-30(4-2)15-19(31)9-12-23(32)22-11-8-18(28-29-22)7-10-20-21-13-17(25)6-5-16(21)14-27-24(20)26/h5-6,8,11,13-14,19,31H,3-4,9,12,15H2,1-2H3,(H2,26,27). The van der Waals surface area contributed by atoms with Crippen LogP contribution in [0.25, 0.3) is 10.8 Å². The van der Waals surface area contributed by atoms with Crippen LogP contribution in [0.3, 0.4) is 0 Å². The molecule has 1 unspecified atom stereocenters. The second-order valence-corrected chi connectivity index (χ2v) is 7.84. The van der Waals surface area contributed by atoms with E-state index >= 15 is 0 Å². The molecule has 1 atom stereocenters. The summed E-state index contributed by atoms with van der Waals surface area (Å²) < 4.78 is 0. The highest BCUT2D eigenvalue weighted by Crippen LogP contribution is 2.24. The van der Waals surface area contributed by atoms with Crippen molar-refractivity contribution in [2.75, 3.05) is 25.4 Å². The van der Waals surface area contributed by atoms with Gasteiger partial charge in [-0.15, -0.1) is 10.2 Å². The molecule has 0 aliphatic rings. The highest BCUT2D eigenvalue weighted by molar-refractivity contribution is 6.31. The van der Waals surface area contributed by atoms with Crippen molar-refractivity contribution in [3.8, 4) is 11.8 Å². The lowest BCUT2D eigenvalue weighted by atomic mass is 10.1. The van der Waals surface area contributed by atoms with Crippen molar-refractivity contribution in [2.45, 2.75) is 32.8 Å².